The van der Waals surface area contributed by atoms with Gasteiger partial charge in [0, 0.05) is 18.4 Å². The molecule has 0 radical (unpaired) electrons. The minimum Gasteiger partial charge on any atom is -0.379 e. The molecule has 0 unspecified atom stereocenters. The van der Waals surface area contributed by atoms with Gasteiger partial charge < -0.3 is 14.8 Å². The van der Waals surface area contributed by atoms with Gasteiger partial charge in [-0.25, -0.2) is 0 Å². The lowest BCUT2D eigenvalue weighted by atomic mass is 10.0. The lowest BCUT2D eigenvalue weighted by Gasteiger charge is -2.32. The van der Waals surface area contributed by atoms with Crippen molar-refractivity contribution in [2.45, 2.75) is 25.2 Å². The summed E-state index contributed by atoms with van der Waals surface area (Å²) in [5, 5.41) is 13.6. The molecule has 1 aromatic carbocycles. The summed E-state index contributed by atoms with van der Waals surface area (Å²) >= 11 is 0. The Morgan fingerprint density at radius 3 is 3.08 bits per heavy atom. The molecule has 1 aliphatic rings. The third-order valence-electron chi connectivity index (χ3n) is 4.37. The van der Waals surface area contributed by atoms with Gasteiger partial charge in [0.1, 0.15) is 17.1 Å². The van der Waals surface area contributed by atoms with Crippen molar-refractivity contribution in [3.05, 3.63) is 53.9 Å². The maximum Gasteiger partial charge on any atom is 0.251 e. The van der Waals surface area contributed by atoms with Gasteiger partial charge in [-0.05, 0) is 36.8 Å². The first kappa shape index (κ1) is 16.6. The first-order valence-corrected chi connectivity index (χ1v) is 8.50. The first-order valence-electron chi connectivity index (χ1n) is 8.50. The summed E-state index contributed by atoms with van der Waals surface area (Å²) in [7, 11) is 0. The SMILES string of the molecule is O=C(N[C@@H]1CCOC[C@H]1OCc1ccccn1)c1ccc2n[nH]nc2c1. The highest BCUT2D eigenvalue weighted by Gasteiger charge is 2.28. The van der Waals surface area contributed by atoms with Crippen LogP contribution in [0, 0.1) is 0 Å². The molecule has 0 aliphatic carbocycles. The molecule has 2 atom stereocenters. The van der Waals surface area contributed by atoms with Gasteiger partial charge in [0.15, 0.2) is 0 Å². The molecule has 1 aliphatic heterocycles. The van der Waals surface area contributed by atoms with Crippen molar-refractivity contribution in [1.29, 1.82) is 0 Å². The van der Waals surface area contributed by atoms with Gasteiger partial charge in [0.25, 0.3) is 5.91 Å². The second kappa shape index (κ2) is 7.59. The van der Waals surface area contributed by atoms with Crippen molar-refractivity contribution >= 4 is 16.9 Å². The number of carbonyl (C=O) groups excluding carboxylic acids is 1. The van der Waals surface area contributed by atoms with Crippen LogP contribution in [0.3, 0.4) is 0 Å². The topological polar surface area (TPSA) is 102 Å². The van der Waals surface area contributed by atoms with Crippen molar-refractivity contribution in [1.82, 2.24) is 25.7 Å². The highest BCUT2D eigenvalue weighted by atomic mass is 16.5. The van der Waals surface area contributed by atoms with E-state index in [1.165, 1.54) is 0 Å². The Morgan fingerprint density at radius 1 is 1.27 bits per heavy atom. The van der Waals surface area contributed by atoms with E-state index in [1.807, 2.05) is 18.2 Å². The lowest BCUT2D eigenvalue weighted by molar-refractivity contribution is -0.0743. The number of nitrogens with zero attached hydrogens (tertiary/aromatic N) is 3. The molecule has 3 heterocycles. The lowest BCUT2D eigenvalue weighted by Crippen LogP contribution is -2.50. The van der Waals surface area contributed by atoms with Crippen LogP contribution in [0.4, 0.5) is 0 Å². The van der Waals surface area contributed by atoms with Crippen molar-refractivity contribution in [3.8, 4) is 0 Å². The highest BCUT2D eigenvalue weighted by Crippen LogP contribution is 2.16. The summed E-state index contributed by atoms with van der Waals surface area (Å²) in [6.45, 7) is 1.42. The third-order valence-corrected chi connectivity index (χ3v) is 4.37. The predicted octanol–water partition coefficient (Wildman–Crippen LogP) is 1.46. The summed E-state index contributed by atoms with van der Waals surface area (Å²) in [4.78, 5) is 16.9. The molecule has 2 aromatic heterocycles. The number of benzene rings is 1. The zero-order valence-electron chi connectivity index (χ0n) is 14.1. The number of amides is 1. The van der Waals surface area contributed by atoms with Gasteiger partial charge >= 0.3 is 0 Å². The van der Waals surface area contributed by atoms with E-state index in [1.54, 1.807) is 24.4 Å². The number of aromatic nitrogens is 4. The van der Waals surface area contributed by atoms with E-state index in [-0.39, 0.29) is 18.1 Å². The molecule has 2 N–H and O–H groups in total. The van der Waals surface area contributed by atoms with E-state index in [0.717, 1.165) is 11.2 Å². The number of fused-ring (bicyclic) bond motifs is 1. The molecule has 26 heavy (non-hydrogen) atoms. The Bertz CT molecular complexity index is 883. The molecule has 0 spiro atoms. The first-order chi connectivity index (χ1) is 12.8. The van der Waals surface area contributed by atoms with Crippen LogP contribution in [0.15, 0.2) is 42.6 Å². The van der Waals surface area contributed by atoms with Crippen LogP contribution in [0.2, 0.25) is 0 Å². The van der Waals surface area contributed by atoms with E-state index in [4.69, 9.17) is 9.47 Å². The van der Waals surface area contributed by atoms with Gasteiger partial charge in [-0.3, -0.25) is 9.78 Å². The van der Waals surface area contributed by atoms with Gasteiger partial charge in [0.2, 0.25) is 0 Å². The molecule has 1 saturated heterocycles. The maximum absolute atomic E-state index is 12.6. The van der Waals surface area contributed by atoms with Crippen molar-refractivity contribution in [2.75, 3.05) is 13.2 Å². The maximum atomic E-state index is 12.6. The number of ether oxygens (including phenoxy) is 2. The van der Waals surface area contributed by atoms with E-state index >= 15 is 0 Å². The van der Waals surface area contributed by atoms with E-state index in [2.05, 4.69) is 25.7 Å². The highest BCUT2D eigenvalue weighted by molar-refractivity contribution is 5.97. The van der Waals surface area contributed by atoms with Crippen LogP contribution in [0.25, 0.3) is 11.0 Å². The van der Waals surface area contributed by atoms with Crippen molar-refractivity contribution < 1.29 is 14.3 Å². The number of pyridine rings is 1. The molecular formula is C18H19N5O3. The van der Waals surface area contributed by atoms with Crippen molar-refractivity contribution in [3.63, 3.8) is 0 Å². The number of hydrogen-bond acceptors (Lipinski definition) is 6. The van der Waals surface area contributed by atoms with Crippen LogP contribution < -0.4 is 5.32 Å². The Kier molecular flexibility index (Phi) is 4.85. The number of aromatic amines is 1. The van der Waals surface area contributed by atoms with Crippen LogP contribution in [0.5, 0.6) is 0 Å². The summed E-state index contributed by atoms with van der Waals surface area (Å²) in [5.74, 6) is -0.159. The van der Waals surface area contributed by atoms with Crippen LogP contribution in [-0.2, 0) is 16.1 Å². The largest absolute Gasteiger partial charge is 0.379 e. The molecule has 1 amide bonds. The van der Waals surface area contributed by atoms with Gasteiger partial charge in [0.05, 0.1) is 24.9 Å². The van der Waals surface area contributed by atoms with Crippen molar-refractivity contribution in [2.24, 2.45) is 0 Å². The second-order valence-corrected chi connectivity index (χ2v) is 6.14. The molecule has 3 aromatic rings. The average molecular weight is 353 g/mol. The third kappa shape index (κ3) is 3.71. The zero-order chi connectivity index (χ0) is 17.8. The van der Waals surface area contributed by atoms with E-state index in [0.29, 0.717) is 37.3 Å². The standard InChI is InChI=1S/C18H19N5O3/c24-18(12-4-5-14-16(9-12)22-23-21-14)20-15-6-8-25-11-17(15)26-10-13-3-1-2-7-19-13/h1-5,7,9,15,17H,6,8,10-11H2,(H,20,24)(H,21,22,23)/t15-,17-/m1/s1. The Balaban J connectivity index is 1.41. The fraction of sp³-hybridized carbons (Fsp3) is 0.333. The molecule has 1 fully saturated rings. The minimum atomic E-state index is -0.217. The number of nitrogens with one attached hydrogen (secondary N) is 2. The molecule has 134 valence electrons. The summed E-state index contributed by atoms with van der Waals surface area (Å²) in [6, 6.07) is 10.8. The Morgan fingerprint density at radius 2 is 2.19 bits per heavy atom. The average Bonchev–Trinajstić information content (AvgIpc) is 3.16. The molecule has 0 bridgehead atoms. The fourth-order valence-electron chi connectivity index (χ4n) is 2.95. The van der Waals surface area contributed by atoms with Crippen LogP contribution in [-0.4, -0.2) is 51.7 Å². The summed E-state index contributed by atoms with van der Waals surface area (Å²) in [5.41, 5.74) is 2.78. The summed E-state index contributed by atoms with van der Waals surface area (Å²) in [6.07, 6.45) is 2.21. The van der Waals surface area contributed by atoms with Crippen LogP contribution >= 0.6 is 0 Å². The fourth-order valence-corrected chi connectivity index (χ4v) is 2.95. The predicted molar refractivity (Wildman–Crippen MR) is 93.4 cm³/mol. The number of hydrogen-bond donors (Lipinski definition) is 2. The molecule has 4 rings (SSSR count). The smallest absolute Gasteiger partial charge is 0.251 e. The Hall–Kier alpha value is -2.84. The van der Waals surface area contributed by atoms with E-state index in [9.17, 15) is 4.79 Å². The molecule has 8 nitrogen and oxygen atoms in total. The van der Waals surface area contributed by atoms with E-state index < -0.39 is 0 Å². The normalized spacial score (nSPS) is 20.2. The van der Waals surface area contributed by atoms with Gasteiger partial charge in [-0.2, -0.15) is 15.4 Å². The van der Waals surface area contributed by atoms with Crippen LogP contribution in [0.1, 0.15) is 22.5 Å². The number of rotatable bonds is 5. The quantitative estimate of drug-likeness (QED) is 0.720. The van der Waals surface area contributed by atoms with Gasteiger partial charge in [-0.1, -0.05) is 6.07 Å². The number of carbonyl (C=O) groups is 1. The zero-order valence-corrected chi connectivity index (χ0v) is 14.1. The molecular weight excluding hydrogens is 334 g/mol. The molecule has 8 heteroatoms. The van der Waals surface area contributed by atoms with Gasteiger partial charge in [-0.15, -0.1) is 0 Å². The summed E-state index contributed by atoms with van der Waals surface area (Å²) < 4.78 is 11.5. The molecule has 0 saturated carbocycles. The monoisotopic (exact) mass is 353 g/mol. The number of H-pyrrole nitrogens is 1. The minimum absolute atomic E-state index is 0.118. The Labute approximate surface area is 149 Å². The second-order valence-electron chi connectivity index (χ2n) is 6.14.